The van der Waals surface area contributed by atoms with E-state index in [1.54, 1.807) is 36.4 Å². The van der Waals surface area contributed by atoms with Crippen molar-refractivity contribution in [3.05, 3.63) is 60.7 Å². The van der Waals surface area contributed by atoms with Crippen LogP contribution in [0, 0.1) is 5.41 Å². The van der Waals surface area contributed by atoms with E-state index in [1.165, 1.54) is 24.3 Å². The Hall–Kier alpha value is -2.86. The topological polar surface area (TPSA) is 225 Å². The van der Waals surface area contributed by atoms with Crippen LogP contribution in [0.25, 0.3) is 0 Å². The van der Waals surface area contributed by atoms with Gasteiger partial charge in [0, 0.05) is 13.1 Å². The van der Waals surface area contributed by atoms with E-state index in [4.69, 9.17) is 10.3 Å². The first-order valence-corrected chi connectivity index (χ1v) is 16.0. The van der Waals surface area contributed by atoms with E-state index in [2.05, 4.69) is 15.4 Å². The zero-order chi connectivity index (χ0) is 30.5. The highest BCUT2D eigenvalue weighted by atomic mass is 32.2. The number of rotatable bonds is 13. The summed E-state index contributed by atoms with van der Waals surface area (Å²) in [7, 11) is -9.45. The van der Waals surface area contributed by atoms with Crippen LogP contribution >= 0.6 is 0 Å². The van der Waals surface area contributed by atoms with Crippen LogP contribution in [0.1, 0.15) is 38.5 Å². The molecule has 16 heteroatoms. The number of sulfonamides is 1. The molecule has 226 valence electrons. The lowest BCUT2D eigenvalue weighted by Gasteiger charge is -2.29. The molecular formula is C25H37BN4O9S2. The van der Waals surface area contributed by atoms with E-state index in [-0.39, 0.29) is 29.3 Å². The Kier molecular flexibility index (Phi) is 13.4. The Labute approximate surface area is 240 Å². The second kappa shape index (κ2) is 16.0. The molecule has 1 aliphatic carbocycles. The fourth-order valence-corrected chi connectivity index (χ4v) is 5.84. The molecule has 8 N–H and O–H groups in total. The van der Waals surface area contributed by atoms with Crippen molar-refractivity contribution in [3.8, 4) is 0 Å². The molecule has 0 radical (unpaired) electrons. The van der Waals surface area contributed by atoms with Crippen LogP contribution in [-0.2, 0) is 29.7 Å². The average molecular weight is 613 g/mol. The van der Waals surface area contributed by atoms with Gasteiger partial charge in [-0.2, -0.15) is 8.42 Å². The summed E-state index contributed by atoms with van der Waals surface area (Å²) in [5.74, 6) is -1.96. The molecule has 1 saturated carbocycles. The third-order valence-corrected chi connectivity index (χ3v) is 8.86. The Morgan fingerprint density at radius 3 is 1.88 bits per heavy atom. The molecule has 1 aliphatic rings. The zero-order valence-corrected chi connectivity index (χ0v) is 24.1. The van der Waals surface area contributed by atoms with Crippen molar-refractivity contribution in [3.63, 3.8) is 0 Å². The van der Waals surface area contributed by atoms with Crippen LogP contribution in [0.2, 0.25) is 0 Å². The van der Waals surface area contributed by atoms with Gasteiger partial charge in [0.05, 0.1) is 15.7 Å². The van der Waals surface area contributed by atoms with Gasteiger partial charge in [-0.05, 0) is 56.5 Å². The highest BCUT2D eigenvalue weighted by Crippen LogP contribution is 2.38. The fourth-order valence-electron chi connectivity index (χ4n) is 4.28. The van der Waals surface area contributed by atoms with Crippen LogP contribution in [0.3, 0.4) is 0 Å². The predicted molar refractivity (Wildman–Crippen MR) is 152 cm³/mol. The summed E-state index contributed by atoms with van der Waals surface area (Å²) in [5.41, 5.74) is 4.14. The predicted octanol–water partition coefficient (Wildman–Crippen LogP) is -0.189. The maximum Gasteiger partial charge on any atom is 0.475 e. The summed E-state index contributed by atoms with van der Waals surface area (Å²) >= 11 is 0. The van der Waals surface area contributed by atoms with Gasteiger partial charge >= 0.3 is 7.12 Å². The molecule has 0 saturated heterocycles. The van der Waals surface area contributed by atoms with E-state index in [1.807, 2.05) is 0 Å². The van der Waals surface area contributed by atoms with Crippen molar-refractivity contribution in [1.82, 2.24) is 15.4 Å². The zero-order valence-electron chi connectivity index (χ0n) is 22.5. The Balaban J connectivity index is 0.000000493. The molecule has 13 nitrogen and oxygen atoms in total. The van der Waals surface area contributed by atoms with Crippen LogP contribution in [0.4, 0.5) is 0 Å². The lowest BCUT2D eigenvalue weighted by Crippen LogP contribution is -2.56. The molecule has 41 heavy (non-hydrogen) atoms. The lowest BCUT2D eigenvalue weighted by atomic mass is 9.75. The number of amides is 2. The first kappa shape index (κ1) is 34.3. The Morgan fingerprint density at radius 1 is 0.878 bits per heavy atom. The minimum absolute atomic E-state index is 0.0130. The number of hydrogen-bond acceptors (Lipinski definition) is 9. The van der Waals surface area contributed by atoms with E-state index < -0.39 is 50.4 Å². The van der Waals surface area contributed by atoms with Crippen molar-refractivity contribution in [2.75, 3.05) is 19.6 Å². The number of benzene rings is 2. The SMILES string of the molecule is NCCCC(NC(=O)C1(C(=O)NCCNS(=O)(=O)c2ccccc2)CCCC1)B(O)O.O=S(=O)(O)c1ccccc1. The fraction of sp³-hybridized carbons (Fsp3) is 0.440. The summed E-state index contributed by atoms with van der Waals surface area (Å²) < 4.78 is 56.1. The van der Waals surface area contributed by atoms with Gasteiger partial charge in [-0.3, -0.25) is 14.1 Å². The number of hydrogen-bond donors (Lipinski definition) is 7. The molecule has 0 heterocycles. The molecule has 0 bridgehead atoms. The van der Waals surface area contributed by atoms with Crippen molar-refractivity contribution in [2.24, 2.45) is 11.1 Å². The first-order chi connectivity index (χ1) is 19.3. The molecule has 0 spiro atoms. The summed E-state index contributed by atoms with van der Waals surface area (Å²) in [5, 5.41) is 24.3. The number of carbonyl (C=O) groups is 2. The molecule has 2 aromatic rings. The van der Waals surface area contributed by atoms with Crippen LogP contribution in [0.5, 0.6) is 0 Å². The highest BCUT2D eigenvalue weighted by Gasteiger charge is 2.48. The van der Waals surface area contributed by atoms with Crippen molar-refractivity contribution in [2.45, 2.75) is 54.3 Å². The first-order valence-electron chi connectivity index (χ1n) is 13.1. The molecule has 1 unspecified atom stereocenters. The number of nitrogens with one attached hydrogen (secondary N) is 3. The maximum absolute atomic E-state index is 12.9. The monoisotopic (exact) mass is 612 g/mol. The van der Waals surface area contributed by atoms with E-state index in [9.17, 15) is 36.5 Å². The minimum Gasteiger partial charge on any atom is -0.426 e. The van der Waals surface area contributed by atoms with Crippen molar-refractivity contribution >= 4 is 39.1 Å². The highest BCUT2D eigenvalue weighted by molar-refractivity contribution is 7.89. The standard InChI is InChI=1S/C19H31BN4O6S.C6H6O3S/c21-12-6-9-16(20(27)28)24-18(26)19(10-4-5-11-19)17(25)22-13-14-23-31(29,30)15-7-2-1-3-8-15;7-10(8,9)6-4-2-1-3-5-6/h1-3,7-8,16,23,27-28H,4-6,9-14,21H2,(H,22,25)(H,24,26);1-5H,(H,7,8,9). The molecule has 2 amide bonds. The largest absolute Gasteiger partial charge is 0.475 e. The molecule has 2 aromatic carbocycles. The van der Waals surface area contributed by atoms with E-state index >= 15 is 0 Å². The second-order valence-corrected chi connectivity index (χ2v) is 12.7. The van der Waals surface area contributed by atoms with Gasteiger partial charge in [0.15, 0.2) is 0 Å². The van der Waals surface area contributed by atoms with Crippen molar-refractivity contribution in [1.29, 1.82) is 0 Å². The van der Waals surface area contributed by atoms with Crippen molar-refractivity contribution < 1.29 is 41.0 Å². The molecule has 0 aromatic heterocycles. The summed E-state index contributed by atoms with van der Waals surface area (Å²) in [4.78, 5) is 25.9. The van der Waals surface area contributed by atoms with Gasteiger partial charge in [-0.25, -0.2) is 13.1 Å². The van der Waals surface area contributed by atoms with Gasteiger partial charge < -0.3 is 26.4 Å². The summed E-state index contributed by atoms with van der Waals surface area (Å²) in [6.45, 7) is 0.317. The minimum atomic E-state index is -4.00. The third-order valence-electron chi connectivity index (χ3n) is 6.52. The quantitative estimate of drug-likeness (QED) is 0.0683. The van der Waals surface area contributed by atoms with Crippen LogP contribution < -0.4 is 21.1 Å². The van der Waals surface area contributed by atoms with Gasteiger partial charge in [0.1, 0.15) is 5.41 Å². The summed E-state index contributed by atoms with van der Waals surface area (Å²) in [6.07, 6.45) is 2.83. The van der Waals surface area contributed by atoms with Gasteiger partial charge in [-0.1, -0.05) is 49.2 Å². The van der Waals surface area contributed by atoms with Gasteiger partial charge in [-0.15, -0.1) is 0 Å². The van der Waals surface area contributed by atoms with Gasteiger partial charge in [0.25, 0.3) is 10.1 Å². The average Bonchev–Trinajstić information content (AvgIpc) is 3.45. The van der Waals surface area contributed by atoms with Crippen LogP contribution in [0.15, 0.2) is 70.5 Å². The molecular weight excluding hydrogens is 575 g/mol. The normalized spacial score (nSPS) is 15.2. The molecule has 1 fully saturated rings. The number of nitrogens with two attached hydrogens (primary N) is 1. The lowest BCUT2D eigenvalue weighted by molar-refractivity contribution is -0.143. The van der Waals surface area contributed by atoms with Crippen LogP contribution in [-0.4, -0.2) is 75.9 Å². The summed E-state index contributed by atoms with van der Waals surface area (Å²) in [6, 6.07) is 15.3. The maximum atomic E-state index is 12.9. The van der Waals surface area contributed by atoms with E-state index in [0.29, 0.717) is 38.6 Å². The molecule has 0 aliphatic heterocycles. The Bertz CT molecular complexity index is 1320. The van der Waals surface area contributed by atoms with E-state index in [0.717, 1.165) is 0 Å². The number of carbonyl (C=O) groups excluding carboxylic acids is 2. The molecule has 1 atom stereocenters. The molecule has 3 rings (SSSR count). The van der Waals surface area contributed by atoms with Gasteiger partial charge in [0.2, 0.25) is 21.8 Å². The third kappa shape index (κ3) is 10.5. The Morgan fingerprint density at radius 2 is 1.41 bits per heavy atom. The second-order valence-electron chi connectivity index (χ2n) is 9.47. The smallest absolute Gasteiger partial charge is 0.426 e.